The van der Waals surface area contributed by atoms with Crippen molar-refractivity contribution < 1.29 is 28.6 Å². The zero-order valence-corrected chi connectivity index (χ0v) is 19.7. The number of methoxy groups -OCH3 is 2. The smallest absolute Gasteiger partial charge is 0.331 e. The summed E-state index contributed by atoms with van der Waals surface area (Å²) in [6.45, 7) is -0.244. The molecule has 35 heavy (non-hydrogen) atoms. The Morgan fingerprint density at radius 3 is 2.29 bits per heavy atom. The van der Waals surface area contributed by atoms with E-state index in [0.29, 0.717) is 44.9 Å². The number of carbonyl (C=O) groups is 3. The van der Waals surface area contributed by atoms with Crippen molar-refractivity contribution in [3.05, 3.63) is 71.2 Å². The van der Waals surface area contributed by atoms with Gasteiger partial charge in [0.1, 0.15) is 18.0 Å². The number of benzene rings is 3. The van der Waals surface area contributed by atoms with Crippen LogP contribution >= 0.6 is 11.6 Å². The molecule has 0 aromatic heterocycles. The molecule has 0 spiro atoms. The van der Waals surface area contributed by atoms with Gasteiger partial charge in [-0.2, -0.15) is 0 Å². The van der Waals surface area contributed by atoms with E-state index in [4.69, 9.17) is 25.8 Å². The predicted octanol–water partition coefficient (Wildman–Crippen LogP) is 3.97. The third kappa shape index (κ3) is 5.47. The van der Waals surface area contributed by atoms with Gasteiger partial charge in [-0.3, -0.25) is 9.59 Å². The first-order chi connectivity index (χ1) is 16.9. The molecule has 4 rings (SSSR count). The summed E-state index contributed by atoms with van der Waals surface area (Å²) in [6, 6.07) is 16.6. The molecule has 0 aliphatic carbocycles. The summed E-state index contributed by atoms with van der Waals surface area (Å²) < 4.78 is 16.1. The van der Waals surface area contributed by atoms with Crippen LogP contribution in [0.2, 0.25) is 5.02 Å². The third-order valence-electron chi connectivity index (χ3n) is 5.22. The predicted molar refractivity (Wildman–Crippen MR) is 132 cm³/mol. The minimum absolute atomic E-state index is 0.105. The Hall–Kier alpha value is -4.24. The number of esters is 1. The summed E-state index contributed by atoms with van der Waals surface area (Å²) in [5.74, 6) is -0.251. The molecule has 1 heterocycles. The first-order valence-corrected chi connectivity index (χ1v) is 10.9. The van der Waals surface area contributed by atoms with Crippen LogP contribution in [0.5, 0.6) is 17.2 Å². The van der Waals surface area contributed by atoms with Crippen molar-refractivity contribution in [2.24, 2.45) is 0 Å². The highest BCUT2D eigenvalue weighted by atomic mass is 35.5. The number of ether oxygens (including phenoxy) is 3. The Bertz CT molecular complexity index is 1280. The number of amides is 2. The fraction of sp³-hybridized carbons (Fsp3) is 0.160. The zero-order chi connectivity index (χ0) is 24.9. The van der Waals surface area contributed by atoms with E-state index in [2.05, 4.69) is 10.6 Å². The molecule has 180 valence electrons. The Kier molecular flexibility index (Phi) is 7.07. The molecule has 0 unspecified atom stereocenters. The van der Waals surface area contributed by atoms with Gasteiger partial charge in [0.25, 0.3) is 5.91 Å². The Morgan fingerprint density at radius 1 is 0.971 bits per heavy atom. The number of rotatable bonds is 7. The SMILES string of the molecule is COc1cc(NC(=O)c2ccccc2)c(OC)cc1NC(=O)CN1CC(=O)Oc2ccc(Cl)cc21. The molecular formula is C25H22ClN3O6. The van der Waals surface area contributed by atoms with Gasteiger partial charge in [0.05, 0.1) is 37.8 Å². The maximum atomic E-state index is 12.9. The maximum absolute atomic E-state index is 12.9. The second-order valence-corrected chi connectivity index (χ2v) is 8.00. The number of fused-ring (bicyclic) bond motifs is 1. The molecule has 0 atom stereocenters. The Balaban J connectivity index is 1.53. The summed E-state index contributed by atoms with van der Waals surface area (Å²) >= 11 is 6.08. The molecule has 0 radical (unpaired) electrons. The van der Waals surface area contributed by atoms with E-state index in [0.717, 1.165) is 0 Å². The van der Waals surface area contributed by atoms with Gasteiger partial charge in [-0.15, -0.1) is 0 Å². The lowest BCUT2D eigenvalue weighted by Gasteiger charge is -2.29. The van der Waals surface area contributed by atoms with Crippen molar-refractivity contribution >= 4 is 46.4 Å². The number of nitrogens with zero attached hydrogens (tertiary/aromatic N) is 1. The number of halogens is 1. The van der Waals surface area contributed by atoms with Gasteiger partial charge in [-0.25, -0.2) is 4.79 Å². The molecule has 1 aliphatic rings. The van der Waals surface area contributed by atoms with Crippen molar-refractivity contribution in [3.8, 4) is 17.2 Å². The van der Waals surface area contributed by atoms with Crippen LogP contribution in [-0.2, 0) is 9.59 Å². The Morgan fingerprint density at radius 2 is 1.63 bits per heavy atom. The Labute approximate surface area is 206 Å². The van der Waals surface area contributed by atoms with Gasteiger partial charge in [-0.1, -0.05) is 29.8 Å². The number of hydrogen-bond donors (Lipinski definition) is 2. The minimum atomic E-state index is -0.481. The topological polar surface area (TPSA) is 106 Å². The van der Waals surface area contributed by atoms with Gasteiger partial charge in [-0.05, 0) is 30.3 Å². The van der Waals surface area contributed by atoms with Crippen LogP contribution in [0.3, 0.4) is 0 Å². The first kappa shape index (κ1) is 23.9. The third-order valence-corrected chi connectivity index (χ3v) is 5.45. The second kappa shape index (κ2) is 10.4. The van der Waals surface area contributed by atoms with Crippen LogP contribution in [0.4, 0.5) is 17.1 Å². The summed E-state index contributed by atoms with van der Waals surface area (Å²) in [7, 11) is 2.89. The molecule has 0 saturated carbocycles. The van der Waals surface area contributed by atoms with Gasteiger partial charge in [0, 0.05) is 22.7 Å². The van der Waals surface area contributed by atoms with Crippen LogP contribution in [0.25, 0.3) is 0 Å². The van der Waals surface area contributed by atoms with Gasteiger partial charge < -0.3 is 29.7 Å². The fourth-order valence-corrected chi connectivity index (χ4v) is 3.77. The molecule has 9 nitrogen and oxygen atoms in total. The summed E-state index contributed by atoms with van der Waals surface area (Å²) in [5, 5.41) is 6.01. The van der Waals surface area contributed by atoms with E-state index in [-0.39, 0.29) is 19.0 Å². The van der Waals surface area contributed by atoms with E-state index in [1.165, 1.54) is 14.2 Å². The van der Waals surface area contributed by atoms with E-state index >= 15 is 0 Å². The van der Waals surface area contributed by atoms with Crippen LogP contribution in [-0.4, -0.2) is 45.1 Å². The number of carbonyl (C=O) groups excluding carboxylic acids is 3. The lowest BCUT2D eigenvalue weighted by atomic mass is 10.2. The fourth-order valence-electron chi connectivity index (χ4n) is 3.60. The average molecular weight is 496 g/mol. The van der Waals surface area contributed by atoms with E-state index < -0.39 is 11.9 Å². The van der Waals surface area contributed by atoms with Crippen LogP contribution < -0.4 is 29.7 Å². The molecule has 0 saturated heterocycles. The largest absolute Gasteiger partial charge is 0.494 e. The monoisotopic (exact) mass is 495 g/mol. The van der Waals surface area contributed by atoms with Crippen LogP contribution in [0, 0.1) is 0 Å². The molecule has 2 amide bonds. The zero-order valence-electron chi connectivity index (χ0n) is 19.0. The number of anilines is 3. The molecule has 10 heteroatoms. The molecule has 3 aromatic carbocycles. The molecular weight excluding hydrogens is 474 g/mol. The van der Waals surface area contributed by atoms with Crippen molar-refractivity contribution in [1.82, 2.24) is 0 Å². The molecule has 3 aromatic rings. The summed E-state index contributed by atoms with van der Waals surface area (Å²) in [6.07, 6.45) is 0. The number of nitrogens with one attached hydrogen (secondary N) is 2. The highest BCUT2D eigenvalue weighted by Crippen LogP contribution is 2.37. The summed E-state index contributed by atoms with van der Waals surface area (Å²) in [4.78, 5) is 39.0. The minimum Gasteiger partial charge on any atom is -0.494 e. The molecule has 1 aliphatic heterocycles. The van der Waals surface area contributed by atoms with Crippen molar-refractivity contribution in [1.29, 1.82) is 0 Å². The van der Waals surface area contributed by atoms with Gasteiger partial charge in [0.15, 0.2) is 5.75 Å². The van der Waals surface area contributed by atoms with Crippen molar-refractivity contribution in [3.63, 3.8) is 0 Å². The van der Waals surface area contributed by atoms with E-state index in [1.807, 2.05) is 6.07 Å². The second-order valence-electron chi connectivity index (χ2n) is 7.56. The number of hydrogen-bond acceptors (Lipinski definition) is 7. The van der Waals surface area contributed by atoms with E-state index in [1.54, 1.807) is 59.5 Å². The average Bonchev–Trinajstić information content (AvgIpc) is 2.85. The van der Waals surface area contributed by atoms with Gasteiger partial charge >= 0.3 is 5.97 Å². The summed E-state index contributed by atoms with van der Waals surface area (Å²) in [5.41, 5.74) is 1.72. The molecule has 0 bridgehead atoms. The molecule has 2 N–H and O–H groups in total. The van der Waals surface area contributed by atoms with Crippen LogP contribution in [0.1, 0.15) is 10.4 Å². The van der Waals surface area contributed by atoms with Crippen molar-refractivity contribution in [2.45, 2.75) is 0 Å². The van der Waals surface area contributed by atoms with Crippen molar-refractivity contribution in [2.75, 3.05) is 42.8 Å². The first-order valence-electron chi connectivity index (χ1n) is 10.6. The highest BCUT2D eigenvalue weighted by molar-refractivity contribution is 6.31. The van der Waals surface area contributed by atoms with Gasteiger partial charge in [0.2, 0.25) is 5.91 Å². The van der Waals surface area contributed by atoms with Crippen LogP contribution in [0.15, 0.2) is 60.7 Å². The quantitative estimate of drug-likeness (QED) is 0.377. The lowest BCUT2D eigenvalue weighted by Crippen LogP contribution is -2.41. The maximum Gasteiger partial charge on any atom is 0.331 e. The standard InChI is InChI=1S/C25H22ClN3O6/c1-33-21-12-18(28-25(32)15-6-4-3-5-7-15)22(34-2)11-17(21)27-23(30)13-29-14-24(31)35-20-9-8-16(26)10-19(20)29/h3-12H,13-14H2,1-2H3,(H,27,30)(H,28,32). The molecule has 0 fully saturated rings. The highest BCUT2D eigenvalue weighted by Gasteiger charge is 2.26. The normalized spacial score (nSPS) is 12.3. The van der Waals surface area contributed by atoms with E-state index in [9.17, 15) is 14.4 Å². The lowest BCUT2D eigenvalue weighted by molar-refractivity contribution is -0.133.